The molecule has 1 N–H and O–H groups in total. The molecule has 0 aromatic carbocycles. The SMILES string of the molecule is COCCCN(CCOC)C1CCC(C#N)(NC2CC2)C1. The first kappa shape index (κ1) is 16.7. The molecule has 0 spiro atoms. The van der Waals surface area contributed by atoms with Gasteiger partial charge in [-0.15, -0.1) is 0 Å². The molecule has 0 aromatic heterocycles. The second-order valence-corrected chi connectivity index (χ2v) is 6.38. The molecule has 0 aromatic rings. The van der Waals surface area contributed by atoms with E-state index in [-0.39, 0.29) is 5.54 Å². The third-order valence-electron chi connectivity index (χ3n) is 4.65. The van der Waals surface area contributed by atoms with Gasteiger partial charge in [0.1, 0.15) is 5.54 Å². The largest absolute Gasteiger partial charge is 0.385 e. The van der Waals surface area contributed by atoms with Crippen molar-refractivity contribution < 1.29 is 9.47 Å². The molecule has 0 amide bonds. The summed E-state index contributed by atoms with van der Waals surface area (Å²) in [5, 5.41) is 13.2. The predicted octanol–water partition coefficient (Wildman–Crippen LogP) is 1.54. The molecule has 2 saturated carbocycles. The summed E-state index contributed by atoms with van der Waals surface area (Å²) in [5.74, 6) is 0. The zero-order chi connectivity index (χ0) is 15.1. The summed E-state index contributed by atoms with van der Waals surface area (Å²) >= 11 is 0. The Hall–Kier alpha value is -0.670. The minimum Gasteiger partial charge on any atom is -0.385 e. The second kappa shape index (κ2) is 8.09. The Morgan fingerprint density at radius 1 is 1.19 bits per heavy atom. The van der Waals surface area contributed by atoms with E-state index in [1.165, 1.54) is 12.8 Å². The van der Waals surface area contributed by atoms with Gasteiger partial charge in [0.25, 0.3) is 0 Å². The van der Waals surface area contributed by atoms with Crippen LogP contribution in [-0.2, 0) is 9.47 Å². The van der Waals surface area contributed by atoms with Crippen LogP contribution >= 0.6 is 0 Å². The van der Waals surface area contributed by atoms with Gasteiger partial charge in [-0.3, -0.25) is 10.2 Å². The van der Waals surface area contributed by atoms with E-state index in [1.807, 2.05) is 0 Å². The van der Waals surface area contributed by atoms with Gasteiger partial charge in [-0.25, -0.2) is 0 Å². The Bertz CT molecular complexity index is 354. The van der Waals surface area contributed by atoms with Gasteiger partial charge >= 0.3 is 0 Å². The molecule has 0 radical (unpaired) electrons. The lowest BCUT2D eigenvalue weighted by molar-refractivity contribution is 0.105. The van der Waals surface area contributed by atoms with Crippen molar-refractivity contribution in [2.45, 2.75) is 56.1 Å². The molecule has 2 fully saturated rings. The van der Waals surface area contributed by atoms with Crippen LogP contribution in [-0.4, -0.2) is 63.0 Å². The lowest BCUT2D eigenvalue weighted by atomic mass is 9.99. The van der Waals surface area contributed by atoms with Crippen LogP contribution in [0.2, 0.25) is 0 Å². The van der Waals surface area contributed by atoms with Crippen LogP contribution < -0.4 is 5.32 Å². The summed E-state index contributed by atoms with van der Waals surface area (Å²) in [6.07, 6.45) is 6.51. The standard InChI is InChI=1S/C16H29N3O2/c1-20-10-3-8-19(9-11-21-2)15-6-7-16(12-15,13-17)18-14-4-5-14/h14-15,18H,3-12H2,1-2H3. The first-order valence-electron chi connectivity index (χ1n) is 8.14. The zero-order valence-corrected chi connectivity index (χ0v) is 13.4. The van der Waals surface area contributed by atoms with Crippen molar-refractivity contribution in [2.24, 2.45) is 0 Å². The van der Waals surface area contributed by atoms with Gasteiger partial charge in [-0.2, -0.15) is 5.26 Å². The Morgan fingerprint density at radius 3 is 2.57 bits per heavy atom. The van der Waals surface area contributed by atoms with Gasteiger partial charge in [-0.1, -0.05) is 0 Å². The maximum Gasteiger partial charge on any atom is 0.108 e. The van der Waals surface area contributed by atoms with Gasteiger partial charge in [0.05, 0.1) is 12.7 Å². The van der Waals surface area contributed by atoms with Crippen LogP contribution in [0.1, 0.15) is 38.5 Å². The number of methoxy groups -OCH3 is 2. The molecule has 0 aliphatic heterocycles. The lowest BCUT2D eigenvalue weighted by Gasteiger charge is -2.30. The van der Waals surface area contributed by atoms with Crippen molar-refractivity contribution in [2.75, 3.05) is 40.5 Å². The van der Waals surface area contributed by atoms with Gasteiger partial charge in [0.15, 0.2) is 0 Å². The highest BCUT2D eigenvalue weighted by molar-refractivity contribution is 5.15. The molecule has 2 rings (SSSR count). The molecule has 120 valence electrons. The highest BCUT2D eigenvalue weighted by atomic mass is 16.5. The number of ether oxygens (including phenoxy) is 2. The molecular weight excluding hydrogens is 266 g/mol. The quantitative estimate of drug-likeness (QED) is 0.620. The van der Waals surface area contributed by atoms with Gasteiger partial charge in [0.2, 0.25) is 0 Å². The van der Waals surface area contributed by atoms with E-state index in [0.717, 1.165) is 52.0 Å². The highest BCUT2D eigenvalue weighted by Crippen LogP contribution is 2.36. The van der Waals surface area contributed by atoms with Gasteiger partial charge < -0.3 is 9.47 Å². The molecule has 2 unspecified atom stereocenters. The minimum atomic E-state index is -0.293. The summed E-state index contributed by atoms with van der Waals surface area (Å²) in [6.45, 7) is 3.50. The third kappa shape index (κ3) is 4.93. The predicted molar refractivity (Wildman–Crippen MR) is 82.1 cm³/mol. The van der Waals surface area contributed by atoms with E-state index < -0.39 is 0 Å². The molecule has 2 aliphatic carbocycles. The minimum absolute atomic E-state index is 0.293. The van der Waals surface area contributed by atoms with E-state index in [4.69, 9.17) is 9.47 Å². The average molecular weight is 295 g/mol. The number of nitrogens with one attached hydrogen (secondary N) is 1. The molecule has 21 heavy (non-hydrogen) atoms. The fourth-order valence-corrected chi connectivity index (χ4v) is 3.31. The van der Waals surface area contributed by atoms with Crippen molar-refractivity contribution in [3.05, 3.63) is 0 Å². The van der Waals surface area contributed by atoms with Gasteiger partial charge in [-0.05, 0) is 38.5 Å². The average Bonchev–Trinajstić information content (AvgIpc) is 3.20. The lowest BCUT2D eigenvalue weighted by Crippen LogP contribution is -2.45. The van der Waals surface area contributed by atoms with Crippen molar-refractivity contribution in [3.8, 4) is 6.07 Å². The summed E-state index contributed by atoms with van der Waals surface area (Å²) in [5.41, 5.74) is -0.293. The normalized spacial score (nSPS) is 29.0. The van der Waals surface area contributed by atoms with Crippen LogP contribution in [0.3, 0.4) is 0 Å². The van der Waals surface area contributed by atoms with Crippen LogP contribution in [0.15, 0.2) is 0 Å². The number of nitrogens with zero attached hydrogens (tertiary/aromatic N) is 2. The number of nitriles is 1. The zero-order valence-electron chi connectivity index (χ0n) is 13.4. The van der Waals surface area contributed by atoms with Crippen LogP contribution in [0, 0.1) is 11.3 Å². The van der Waals surface area contributed by atoms with E-state index in [0.29, 0.717) is 12.1 Å². The fraction of sp³-hybridized carbons (Fsp3) is 0.938. The maximum atomic E-state index is 9.61. The summed E-state index contributed by atoms with van der Waals surface area (Å²) in [7, 11) is 3.49. The Morgan fingerprint density at radius 2 is 1.95 bits per heavy atom. The molecular formula is C16H29N3O2. The number of hydrogen-bond acceptors (Lipinski definition) is 5. The number of hydrogen-bond donors (Lipinski definition) is 1. The van der Waals surface area contributed by atoms with E-state index in [1.54, 1.807) is 14.2 Å². The molecule has 5 heteroatoms. The van der Waals surface area contributed by atoms with Crippen molar-refractivity contribution >= 4 is 0 Å². The monoisotopic (exact) mass is 295 g/mol. The summed E-state index contributed by atoms with van der Waals surface area (Å²) < 4.78 is 10.4. The third-order valence-corrected chi connectivity index (χ3v) is 4.65. The molecule has 0 bridgehead atoms. The Balaban J connectivity index is 1.88. The molecule has 2 atom stereocenters. The highest BCUT2D eigenvalue weighted by Gasteiger charge is 2.44. The van der Waals surface area contributed by atoms with Gasteiger partial charge in [0, 0.05) is 46.0 Å². The Kier molecular flexibility index (Phi) is 6.43. The topological polar surface area (TPSA) is 57.5 Å². The maximum absolute atomic E-state index is 9.61. The van der Waals surface area contributed by atoms with E-state index in [9.17, 15) is 5.26 Å². The second-order valence-electron chi connectivity index (χ2n) is 6.38. The first-order chi connectivity index (χ1) is 10.2. The smallest absolute Gasteiger partial charge is 0.108 e. The van der Waals surface area contributed by atoms with Crippen molar-refractivity contribution in [1.82, 2.24) is 10.2 Å². The van der Waals surface area contributed by atoms with Crippen molar-refractivity contribution in [3.63, 3.8) is 0 Å². The van der Waals surface area contributed by atoms with Crippen LogP contribution in [0.25, 0.3) is 0 Å². The molecule has 5 nitrogen and oxygen atoms in total. The van der Waals surface area contributed by atoms with E-state index >= 15 is 0 Å². The van der Waals surface area contributed by atoms with Crippen LogP contribution in [0.4, 0.5) is 0 Å². The summed E-state index contributed by atoms with van der Waals surface area (Å²) in [6, 6.07) is 3.64. The molecule has 2 aliphatic rings. The summed E-state index contributed by atoms with van der Waals surface area (Å²) in [4.78, 5) is 2.48. The van der Waals surface area contributed by atoms with E-state index in [2.05, 4.69) is 16.3 Å². The number of rotatable bonds is 10. The van der Waals surface area contributed by atoms with Crippen molar-refractivity contribution in [1.29, 1.82) is 5.26 Å². The molecule has 0 saturated heterocycles. The fourth-order valence-electron chi connectivity index (χ4n) is 3.31. The Labute approximate surface area is 128 Å². The first-order valence-corrected chi connectivity index (χ1v) is 8.14. The molecule has 0 heterocycles. The van der Waals surface area contributed by atoms with Crippen LogP contribution in [0.5, 0.6) is 0 Å².